The van der Waals surface area contributed by atoms with Gasteiger partial charge in [0.25, 0.3) is 5.91 Å². The van der Waals surface area contributed by atoms with Crippen LogP contribution in [0.15, 0.2) is 53.9 Å². The fraction of sp³-hybridized carbons (Fsp3) is 0.379. The second-order valence-corrected chi connectivity index (χ2v) is 11.2. The van der Waals surface area contributed by atoms with Gasteiger partial charge in [-0.2, -0.15) is 0 Å². The maximum absolute atomic E-state index is 13.7. The van der Waals surface area contributed by atoms with E-state index in [0.29, 0.717) is 36.2 Å². The van der Waals surface area contributed by atoms with Crippen LogP contribution in [-0.4, -0.2) is 47.9 Å². The summed E-state index contributed by atoms with van der Waals surface area (Å²) in [6.07, 6.45) is 3.05. The molecule has 7 heteroatoms. The first-order valence-corrected chi connectivity index (χ1v) is 13.8. The molecule has 2 heterocycles. The van der Waals surface area contributed by atoms with Gasteiger partial charge in [0.1, 0.15) is 18.9 Å². The fourth-order valence-electron chi connectivity index (χ4n) is 4.83. The summed E-state index contributed by atoms with van der Waals surface area (Å²) >= 11 is 7.90. The van der Waals surface area contributed by atoms with Crippen LogP contribution in [0.3, 0.4) is 0 Å². The van der Waals surface area contributed by atoms with Crippen LogP contribution in [0.1, 0.15) is 50.8 Å². The van der Waals surface area contributed by atoms with Crippen LogP contribution >= 0.6 is 22.9 Å². The number of fused-ring (bicyclic) bond motifs is 1. The molecule has 3 aromatic rings. The largest absolute Gasteiger partial charge is 0.491 e. The molecule has 0 spiro atoms. The van der Waals surface area contributed by atoms with E-state index in [1.165, 1.54) is 4.88 Å². The van der Waals surface area contributed by atoms with Gasteiger partial charge >= 0.3 is 0 Å². The molecule has 1 unspecified atom stereocenters. The quantitative estimate of drug-likeness (QED) is 0.360. The van der Waals surface area contributed by atoms with Crippen LogP contribution < -0.4 is 4.74 Å². The van der Waals surface area contributed by atoms with Crippen LogP contribution in [-0.2, 0) is 11.2 Å². The zero-order valence-electron chi connectivity index (χ0n) is 20.7. The van der Waals surface area contributed by atoms with Gasteiger partial charge < -0.3 is 14.5 Å². The topological polar surface area (TPSA) is 49.9 Å². The summed E-state index contributed by atoms with van der Waals surface area (Å²) < 4.78 is 6.17. The molecule has 188 valence electrons. The van der Waals surface area contributed by atoms with Gasteiger partial charge in [0.15, 0.2) is 0 Å². The third kappa shape index (κ3) is 5.45. The van der Waals surface area contributed by atoms with Gasteiger partial charge in [-0.05, 0) is 91.4 Å². The molecule has 0 N–H and O–H groups in total. The van der Waals surface area contributed by atoms with E-state index >= 15 is 0 Å². The molecule has 1 aliphatic carbocycles. The molecule has 2 aromatic carbocycles. The van der Waals surface area contributed by atoms with Gasteiger partial charge in [-0.3, -0.25) is 9.59 Å². The number of hydrogen-bond donors (Lipinski definition) is 0. The van der Waals surface area contributed by atoms with Crippen molar-refractivity contribution >= 4 is 34.8 Å². The van der Waals surface area contributed by atoms with Crippen molar-refractivity contribution in [1.82, 2.24) is 9.80 Å². The summed E-state index contributed by atoms with van der Waals surface area (Å²) in [6, 6.07) is 15.1. The van der Waals surface area contributed by atoms with Crippen LogP contribution in [0, 0.1) is 19.8 Å². The lowest BCUT2D eigenvalue weighted by atomic mass is 10.00. The van der Waals surface area contributed by atoms with Gasteiger partial charge in [-0.1, -0.05) is 29.8 Å². The number of ether oxygens (including phenoxy) is 1. The third-order valence-corrected chi connectivity index (χ3v) is 8.54. The molecular formula is C29H31ClN2O3S. The van der Waals surface area contributed by atoms with E-state index in [1.54, 1.807) is 16.2 Å². The minimum atomic E-state index is -0.195. The Kier molecular flexibility index (Phi) is 7.35. The predicted molar refractivity (Wildman–Crippen MR) is 144 cm³/mol. The number of carbonyl (C=O) groups excluding carboxylic acids is 2. The van der Waals surface area contributed by atoms with Crippen LogP contribution in [0.25, 0.3) is 0 Å². The Balaban J connectivity index is 1.35. The van der Waals surface area contributed by atoms with Gasteiger partial charge in [-0.15, -0.1) is 11.3 Å². The zero-order chi connectivity index (χ0) is 25.2. The van der Waals surface area contributed by atoms with Gasteiger partial charge in [0.05, 0.1) is 6.04 Å². The zero-order valence-corrected chi connectivity index (χ0v) is 22.3. The molecule has 0 radical (unpaired) electrons. The first-order chi connectivity index (χ1) is 17.4. The standard InChI is InChI=1S/C29H31ClN2O3S/c1-19-5-3-4-6-23(19)29(34)31(16-21-7-8-21)17-28(33)32-13-11-27-24(12-14-36-27)26(32)18-35-22-9-10-25(30)20(2)15-22/h3-6,9-10,12,14-15,21,26H,7-8,11,13,16-18H2,1-2H3. The van der Waals surface area contributed by atoms with Crippen molar-refractivity contribution in [2.75, 3.05) is 26.2 Å². The molecule has 36 heavy (non-hydrogen) atoms. The summed E-state index contributed by atoms with van der Waals surface area (Å²) in [4.78, 5) is 32.2. The molecular weight excluding hydrogens is 492 g/mol. The Morgan fingerprint density at radius 2 is 1.92 bits per heavy atom. The van der Waals surface area contributed by atoms with Gasteiger partial charge in [0, 0.05) is 28.6 Å². The summed E-state index contributed by atoms with van der Waals surface area (Å²) in [6.45, 7) is 5.57. The van der Waals surface area contributed by atoms with E-state index in [-0.39, 0.29) is 24.4 Å². The average Bonchev–Trinajstić information content (AvgIpc) is 3.56. The Morgan fingerprint density at radius 1 is 1.11 bits per heavy atom. The van der Waals surface area contributed by atoms with E-state index in [2.05, 4.69) is 11.4 Å². The molecule has 5 nitrogen and oxygen atoms in total. The fourth-order valence-corrected chi connectivity index (χ4v) is 5.87. The number of carbonyl (C=O) groups is 2. The Hall–Kier alpha value is -2.83. The smallest absolute Gasteiger partial charge is 0.254 e. The molecule has 1 saturated carbocycles. The molecule has 1 aliphatic heterocycles. The summed E-state index contributed by atoms with van der Waals surface area (Å²) in [5, 5.41) is 2.78. The summed E-state index contributed by atoms with van der Waals surface area (Å²) in [7, 11) is 0. The maximum Gasteiger partial charge on any atom is 0.254 e. The highest BCUT2D eigenvalue weighted by molar-refractivity contribution is 7.10. The van der Waals surface area contributed by atoms with E-state index in [9.17, 15) is 9.59 Å². The average molecular weight is 523 g/mol. The van der Waals surface area contributed by atoms with Crippen molar-refractivity contribution in [3.63, 3.8) is 0 Å². The van der Waals surface area contributed by atoms with E-state index < -0.39 is 0 Å². The predicted octanol–water partition coefficient (Wildman–Crippen LogP) is 6.08. The van der Waals surface area contributed by atoms with Crippen LogP contribution in [0.2, 0.25) is 5.02 Å². The highest BCUT2D eigenvalue weighted by atomic mass is 35.5. The minimum Gasteiger partial charge on any atom is -0.491 e. The molecule has 1 atom stereocenters. The second-order valence-electron chi connectivity index (χ2n) is 9.82. The number of thiophene rings is 1. The summed E-state index contributed by atoms with van der Waals surface area (Å²) in [5.74, 6) is 1.13. The van der Waals surface area contributed by atoms with Crippen LogP contribution in [0.5, 0.6) is 5.75 Å². The Bertz CT molecular complexity index is 1270. The number of rotatable bonds is 8. The molecule has 2 amide bonds. The normalized spacial score (nSPS) is 17.0. The first-order valence-electron chi connectivity index (χ1n) is 12.5. The van der Waals surface area contributed by atoms with Gasteiger partial charge in [0.2, 0.25) is 5.91 Å². The highest BCUT2D eigenvalue weighted by Crippen LogP contribution is 2.35. The lowest BCUT2D eigenvalue weighted by Crippen LogP contribution is -2.48. The van der Waals surface area contributed by atoms with E-state index in [0.717, 1.165) is 41.7 Å². The van der Waals surface area contributed by atoms with E-state index in [1.807, 2.05) is 61.2 Å². The number of hydrogen-bond acceptors (Lipinski definition) is 4. The SMILES string of the molecule is Cc1cc(OCC2c3ccsc3CCN2C(=O)CN(CC2CC2)C(=O)c2ccccc2C)ccc1Cl. The number of amides is 2. The van der Waals surface area contributed by atoms with Crippen molar-refractivity contribution in [2.24, 2.45) is 5.92 Å². The summed E-state index contributed by atoms with van der Waals surface area (Å²) in [5.41, 5.74) is 3.69. The monoisotopic (exact) mass is 522 g/mol. The van der Waals surface area contributed by atoms with Crippen molar-refractivity contribution in [3.8, 4) is 5.75 Å². The number of benzene rings is 2. The third-order valence-electron chi connectivity index (χ3n) is 7.12. The molecule has 0 saturated heterocycles. The Labute approximate surface area is 221 Å². The number of nitrogens with zero attached hydrogens (tertiary/aromatic N) is 2. The highest BCUT2D eigenvalue weighted by Gasteiger charge is 2.35. The van der Waals surface area contributed by atoms with Crippen molar-refractivity contribution < 1.29 is 14.3 Å². The van der Waals surface area contributed by atoms with Crippen molar-refractivity contribution in [3.05, 3.63) is 86.1 Å². The molecule has 0 bridgehead atoms. The van der Waals surface area contributed by atoms with Crippen LogP contribution in [0.4, 0.5) is 0 Å². The molecule has 5 rings (SSSR count). The second kappa shape index (κ2) is 10.7. The lowest BCUT2D eigenvalue weighted by Gasteiger charge is -2.37. The lowest BCUT2D eigenvalue weighted by molar-refractivity contribution is -0.135. The van der Waals surface area contributed by atoms with Crippen molar-refractivity contribution in [1.29, 1.82) is 0 Å². The Morgan fingerprint density at radius 3 is 2.67 bits per heavy atom. The molecule has 2 aliphatic rings. The van der Waals surface area contributed by atoms with E-state index in [4.69, 9.17) is 16.3 Å². The first kappa shape index (κ1) is 24.8. The minimum absolute atomic E-state index is 0.0321. The van der Waals surface area contributed by atoms with Crippen molar-refractivity contribution in [2.45, 2.75) is 39.2 Å². The number of aryl methyl sites for hydroxylation is 2. The molecule has 1 aromatic heterocycles. The maximum atomic E-state index is 13.7. The molecule has 1 fully saturated rings. The van der Waals surface area contributed by atoms with Gasteiger partial charge in [-0.25, -0.2) is 0 Å². The number of halogens is 1.